The highest BCUT2D eigenvalue weighted by Gasteiger charge is 2.52. The number of hydrogen-bond donors (Lipinski definition) is 20. The number of halogens is 3. The Hall–Kier alpha value is -10.5. The minimum absolute atomic E-state index is 0.00126. The van der Waals surface area contributed by atoms with Crippen LogP contribution >= 0.6 is 34.8 Å². The molecule has 0 spiro atoms. The van der Waals surface area contributed by atoms with Gasteiger partial charge in [-0.2, -0.15) is 0 Å². The highest BCUT2D eigenvalue weighted by molar-refractivity contribution is 6.32. The second-order valence-electron chi connectivity index (χ2n) is 30.6. The van der Waals surface area contributed by atoms with Crippen LogP contribution in [0.1, 0.15) is 130 Å². The zero-order valence-corrected chi connectivity index (χ0v) is 68.9. The number of fused-ring (bicyclic) bond motifs is 16. The van der Waals surface area contributed by atoms with Gasteiger partial charge in [0.1, 0.15) is 83.4 Å². The van der Waals surface area contributed by atoms with E-state index in [1.165, 1.54) is 50.5 Å². The van der Waals surface area contributed by atoms with E-state index in [0.717, 1.165) is 59.2 Å². The number of aromatic hydroxyl groups is 3. The zero-order valence-electron chi connectivity index (χ0n) is 66.7. The Kier molecular flexibility index (Phi) is 30.2. The fourth-order valence-electron chi connectivity index (χ4n) is 14.8. The number of rotatable bonds is 22. The quantitative estimate of drug-likeness (QED) is 0.0411. The van der Waals surface area contributed by atoms with Crippen LogP contribution in [0.2, 0.25) is 15.1 Å². The van der Waals surface area contributed by atoms with Crippen molar-refractivity contribution in [3.05, 3.63) is 176 Å². The van der Waals surface area contributed by atoms with Crippen molar-refractivity contribution in [2.75, 3.05) is 33.7 Å². The Labute approximate surface area is 710 Å². The lowest BCUT2D eigenvalue weighted by atomic mass is 9.84. The predicted octanol–water partition coefficient (Wildman–Crippen LogP) is 4.63. The number of phenolic OH excluding ortho intramolecular Hbond substituents is 3. The van der Waals surface area contributed by atoms with Crippen molar-refractivity contribution in [3.63, 3.8) is 0 Å². The second-order valence-corrected chi connectivity index (χ2v) is 31.9. The molecule has 0 radical (unpaired) electrons. The molecule has 2 saturated heterocycles. The van der Waals surface area contributed by atoms with Gasteiger partial charge in [0.2, 0.25) is 59.3 Å². The van der Waals surface area contributed by atoms with Gasteiger partial charge < -0.3 is 134 Å². The van der Waals surface area contributed by atoms with Gasteiger partial charge in [-0.3, -0.25) is 38.4 Å². The number of likely N-dealkylation sites (N-methyl/N-ethyl adjacent to an activating group) is 2. The monoisotopic (exact) mass is 1730 g/mol. The van der Waals surface area contributed by atoms with Crippen LogP contribution < -0.4 is 79.3 Å². The van der Waals surface area contributed by atoms with Gasteiger partial charge in [0, 0.05) is 60.9 Å². The molecule has 9 bridgehead atoms. The normalized spacial score (nSPS) is 25.5. The molecule has 6 heterocycles. The molecule has 0 aliphatic carbocycles. The van der Waals surface area contributed by atoms with Crippen LogP contribution in [-0.2, 0) is 59.1 Å². The predicted molar refractivity (Wildman–Crippen MR) is 441 cm³/mol. The molecule has 0 aromatic heterocycles. The summed E-state index contributed by atoms with van der Waals surface area (Å²) in [5, 5.41) is 120. The maximum Gasteiger partial charge on any atom is 0.248 e. The lowest BCUT2D eigenvalue weighted by Crippen LogP contribution is -2.65. The van der Waals surface area contributed by atoms with Crippen LogP contribution in [0.5, 0.6) is 46.0 Å². The molecule has 2 fully saturated rings. The fourth-order valence-corrected chi connectivity index (χ4v) is 15.4. The third-order valence-electron chi connectivity index (χ3n) is 21.4. The first-order chi connectivity index (χ1) is 57.6. The van der Waals surface area contributed by atoms with E-state index >= 15 is 14.4 Å². The Morgan fingerprint density at radius 2 is 1.32 bits per heavy atom. The number of benzene rings is 7. The summed E-state index contributed by atoms with van der Waals surface area (Å²) in [5.74, 6) is -13.6. The summed E-state index contributed by atoms with van der Waals surface area (Å²) in [6.45, 7) is 6.99. The lowest BCUT2D eigenvalue weighted by Gasteiger charge is -2.48. The number of primary amides is 1. The van der Waals surface area contributed by atoms with E-state index in [2.05, 4.69) is 47.9 Å². The Balaban J connectivity index is 1.11. The van der Waals surface area contributed by atoms with Crippen molar-refractivity contribution in [2.24, 2.45) is 23.1 Å². The molecule has 17 atom stereocenters. The molecule has 7 aromatic carbocycles. The van der Waals surface area contributed by atoms with Gasteiger partial charge in [-0.15, -0.1) is 0 Å². The Morgan fingerprint density at radius 3 is 1.94 bits per heavy atom. The third kappa shape index (κ3) is 21.7. The molecule has 121 heavy (non-hydrogen) atoms. The van der Waals surface area contributed by atoms with Gasteiger partial charge in [-0.1, -0.05) is 103 Å². The third-order valence-corrected chi connectivity index (χ3v) is 22.2. The summed E-state index contributed by atoms with van der Waals surface area (Å²) in [6, 6.07) is 18.5. The number of amides is 8. The molecule has 13 rings (SSSR count). The van der Waals surface area contributed by atoms with Crippen molar-refractivity contribution in [1.82, 2.24) is 47.9 Å². The molecule has 6 aliphatic heterocycles. The molecular formula is C84H99Cl3N12O22. The smallest absolute Gasteiger partial charge is 0.248 e. The van der Waals surface area contributed by atoms with E-state index in [1.54, 1.807) is 26.0 Å². The number of nitrogens with one attached hydrogen (secondary N) is 9. The molecule has 8 amide bonds. The van der Waals surface area contributed by atoms with E-state index in [1.807, 2.05) is 50.2 Å². The SMILES string of the molecule is CNC(=O)C1NC(=O)[C@@H]2NC(=O)[C@H](CC(N)=O)NC(=O)[C@H](NC(=O)[C@@H](CC(C)C)NC)[C@H](O)c3ccc(c(Cl)c3)Oc3cc2cc(c3OC2OC(CN)C(O)C(O)C2OC2CC(C)(NCc3ccc(-c4ccc(Cl)cc4)cc3)C(O)C(C)O2)Oc2ccc(cc2Cl)[C@@H](O)CC(=O)N[C@H](C(=O)NCCCCN)c2cc(O)cc(O)c2-c2cc1ccc2O. The molecule has 648 valence electrons. The van der Waals surface area contributed by atoms with Crippen LogP contribution in [-0.4, -0.2) is 195 Å². The van der Waals surface area contributed by atoms with Crippen molar-refractivity contribution >= 4 is 82.1 Å². The van der Waals surface area contributed by atoms with Crippen molar-refractivity contribution in [2.45, 2.75) is 176 Å². The molecule has 34 nitrogen and oxygen atoms in total. The Bertz CT molecular complexity index is 4960. The first-order valence-corrected chi connectivity index (χ1v) is 40.2. The minimum atomic E-state index is -2.29. The molecule has 10 unspecified atom stereocenters. The lowest BCUT2D eigenvalue weighted by molar-refractivity contribution is -0.331. The van der Waals surface area contributed by atoms with Gasteiger partial charge in [0.15, 0.2) is 23.9 Å². The van der Waals surface area contributed by atoms with Crippen molar-refractivity contribution < 1.29 is 108 Å². The summed E-state index contributed by atoms with van der Waals surface area (Å²) in [6.07, 6.45) is -17.4. The van der Waals surface area contributed by atoms with Gasteiger partial charge >= 0.3 is 0 Å². The van der Waals surface area contributed by atoms with Gasteiger partial charge in [-0.05, 0) is 164 Å². The minimum Gasteiger partial charge on any atom is -0.508 e. The van der Waals surface area contributed by atoms with E-state index in [-0.39, 0.29) is 87.8 Å². The van der Waals surface area contributed by atoms with Gasteiger partial charge in [-0.25, -0.2) is 0 Å². The van der Waals surface area contributed by atoms with Crippen LogP contribution in [0.3, 0.4) is 0 Å². The summed E-state index contributed by atoms with van der Waals surface area (Å²) in [4.78, 5) is 118. The maximum atomic E-state index is 16.2. The fraction of sp³-hybridized carbons (Fsp3) is 0.405. The number of carbonyl (C=O) groups is 8. The first-order valence-electron chi connectivity index (χ1n) is 39.1. The number of ether oxygens (including phenoxy) is 6. The molecule has 23 N–H and O–H groups in total. The van der Waals surface area contributed by atoms with Gasteiger partial charge in [0.25, 0.3) is 0 Å². The largest absolute Gasteiger partial charge is 0.508 e. The van der Waals surface area contributed by atoms with Crippen molar-refractivity contribution in [1.29, 1.82) is 0 Å². The summed E-state index contributed by atoms with van der Waals surface area (Å²) >= 11 is 20.6. The number of unbranched alkanes of at least 4 members (excludes halogenated alkanes) is 1. The van der Waals surface area contributed by atoms with E-state index in [0.29, 0.717) is 17.9 Å². The van der Waals surface area contributed by atoms with Gasteiger partial charge in [0.05, 0.1) is 47.2 Å². The van der Waals surface area contributed by atoms with E-state index in [9.17, 15) is 64.8 Å². The number of hydrogen-bond acceptors (Lipinski definition) is 26. The van der Waals surface area contributed by atoms with Crippen LogP contribution in [0, 0.1) is 5.92 Å². The number of aliphatic hydroxyl groups is 5. The number of nitrogens with two attached hydrogens (primary N) is 3. The van der Waals surface area contributed by atoms with Crippen LogP contribution in [0.4, 0.5) is 0 Å². The summed E-state index contributed by atoms with van der Waals surface area (Å²) in [7, 11) is 2.68. The molecule has 0 saturated carbocycles. The van der Waals surface area contributed by atoms with E-state index < -0.39 is 215 Å². The van der Waals surface area contributed by atoms with Crippen LogP contribution in [0.25, 0.3) is 22.3 Å². The molecular weight excluding hydrogens is 1640 g/mol. The number of aliphatic hydroxyl groups excluding tert-OH is 5. The summed E-state index contributed by atoms with van der Waals surface area (Å²) < 4.78 is 40.0. The summed E-state index contributed by atoms with van der Waals surface area (Å²) in [5.41, 5.74) is 17.3. The van der Waals surface area contributed by atoms with Crippen molar-refractivity contribution in [3.8, 4) is 68.2 Å². The first kappa shape index (κ1) is 91.2. The number of phenols is 3. The second kappa shape index (κ2) is 40.0. The molecule has 6 aliphatic rings. The standard InChI is InChI=1S/C84H99Cl3N12O22/c1-38(2)25-53(91-5)77(110)99-70-71(106)45-17-22-59(52(87)28-45)118-61-30-46-29-60(74(61)121-83-75(73(108)72(107)62(36-89)119-83)120-65-35-84(4,76(109)39(3)116-65)94-37-40-9-11-41(12-10-40)42-13-18-47(85)19-14-42)117-58-21-16-43(27-51(58)86)56(102)34-64(105)96-69(80(113)93-24-8-7-23-88)50-31-48(100)32-57(103)66(50)49-26-44(15-20-55(49)101)67(79(112)92-6)98-81(114)68(46)97-78(111)54(33-63(90)104)95-82(70)115/h9-22,26-32,38-39,53-54,56,62,65,67-73,75-76,83,91,94,100-103,106-109H,7-8,23-25,33-37,88-89H2,1-6H3,(H2,90,104)(H,92,112)(H,93,113)(H,95,115)(H,96,105)(H,97,111)(H,98,114)(H,99,110)/t39?,53-,54+,56+,62?,65?,67?,68-,69+,70-,71-,72?,73?,75?,76?,83?,84?/m1/s1. The van der Waals surface area contributed by atoms with E-state index in [4.69, 9.17) is 80.4 Å². The average Bonchev–Trinajstić information content (AvgIpc) is 0.765. The molecule has 37 heteroatoms. The average molecular weight is 1740 g/mol. The molecule has 7 aromatic rings. The Morgan fingerprint density at radius 1 is 0.678 bits per heavy atom. The maximum absolute atomic E-state index is 16.2. The topological polar surface area (TPSA) is 540 Å². The zero-order chi connectivity index (χ0) is 87.6. The number of carbonyl (C=O) groups excluding carboxylic acids is 8. The highest BCUT2D eigenvalue weighted by Crippen LogP contribution is 2.50. The van der Waals surface area contributed by atoms with Crippen LogP contribution in [0.15, 0.2) is 127 Å². The highest BCUT2D eigenvalue weighted by atomic mass is 35.5.